The highest BCUT2D eigenvalue weighted by atomic mass is 32.2. The van der Waals surface area contributed by atoms with Gasteiger partial charge in [0.25, 0.3) is 0 Å². The summed E-state index contributed by atoms with van der Waals surface area (Å²) < 4.78 is 28.9. The number of aryl methyl sites for hydroxylation is 1. The number of sulfonamides is 1. The maximum atomic E-state index is 11.1. The normalized spacial score (nSPS) is 11.5. The van der Waals surface area contributed by atoms with Gasteiger partial charge in [0.2, 0.25) is 10.0 Å². The molecule has 0 aliphatic rings. The Bertz CT molecular complexity index is 711. The van der Waals surface area contributed by atoms with Crippen LogP contribution in [0, 0.1) is 6.92 Å². The number of ether oxygens (including phenoxy) is 1. The molecule has 0 aliphatic heterocycles. The number of thioether (sulfide) groups is 1. The number of aromatic nitrogens is 1. The van der Waals surface area contributed by atoms with E-state index in [1.807, 2.05) is 6.92 Å². The molecule has 114 valence electrons. The molecule has 0 unspecified atom stereocenters. The molecule has 0 amide bonds. The number of hydrogen-bond donors (Lipinski definition) is 2. The highest BCUT2D eigenvalue weighted by Gasteiger charge is 2.08. The van der Waals surface area contributed by atoms with Crippen molar-refractivity contribution in [2.75, 3.05) is 18.1 Å². The van der Waals surface area contributed by atoms with Crippen LogP contribution in [-0.4, -0.2) is 25.8 Å². The SMILES string of the molecule is Cc1nc(N)sc1SCCOc1ccc(S(N)(=O)=O)cc1. The van der Waals surface area contributed by atoms with Gasteiger partial charge in [-0.3, -0.25) is 0 Å². The topological polar surface area (TPSA) is 108 Å². The lowest BCUT2D eigenvalue weighted by Crippen LogP contribution is -2.11. The number of nitrogens with zero attached hydrogens (tertiary/aromatic N) is 1. The van der Waals surface area contributed by atoms with Crippen LogP contribution in [0.15, 0.2) is 33.4 Å². The number of thiazole rings is 1. The van der Waals surface area contributed by atoms with Crippen LogP contribution in [0.3, 0.4) is 0 Å². The van der Waals surface area contributed by atoms with E-state index in [2.05, 4.69) is 4.98 Å². The molecule has 21 heavy (non-hydrogen) atoms. The highest BCUT2D eigenvalue weighted by molar-refractivity contribution is 8.01. The highest BCUT2D eigenvalue weighted by Crippen LogP contribution is 2.30. The zero-order valence-electron chi connectivity index (χ0n) is 11.3. The van der Waals surface area contributed by atoms with Crippen molar-refractivity contribution in [3.05, 3.63) is 30.0 Å². The van der Waals surface area contributed by atoms with E-state index in [1.54, 1.807) is 23.9 Å². The van der Waals surface area contributed by atoms with Gasteiger partial charge in [-0.2, -0.15) is 0 Å². The van der Waals surface area contributed by atoms with Gasteiger partial charge in [-0.25, -0.2) is 18.5 Å². The van der Waals surface area contributed by atoms with Gasteiger partial charge in [-0.05, 0) is 31.2 Å². The van der Waals surface area contributed by atoms with E-state index in [0.29, 0.717) is 17.5 Å². The molecule has 1 aromatic carbocycles. The molecule has 0 spiro atoms. The van der Waals surface area contributed by atoms with Crippen LogP contribution in [0.1, 0.15) is 5.69 Å². The number of nitrogen functional groups attached to an aromatic ring is 1. The van der Waals surface area contributed by atoms with Crippen molar-refractivity contribution in [1.82, 2.24) is 4.98 Å². The summed E-state index contributed by atoms with van der Waals surface area (Å²) in [6.45, 7) is 2.42. The molecule has 4 N–H and O–H groups in total. The summed E-state index contributed by atoms with van der Waals surface area (Å²) in [6, 6.07) is 6.01. The summed E-state index contributed by atoms with van der Waals surface area (Å²) in [5.74, 6) is 1.35. The van der Waals surface area contributed by atoms with Gasteiger partial charge in [0, 0.05) is 5.75 Å². The second kappa shape index (κ2) is 6.65. The zero-order valence-corrected chi connectivity index (χ0v) is 13.7. The van der Waals surface area contributed by atoms with E-state index in [-0.39, 0.29) is 4.90 Å². The molecule has 0 aliphatic carbocycles. The third kappa shape index (κ3) is 4.60. The van der Waals surface area contributed by atoms with E-state index < -0.39 is 10.0 Å². The Morgan fingerprint density at radius 3 is 2.52 bits per heavy atom. The minimum absolute atomic E-state index is 0.0694. The Morgan fingerprint density at radius 2 is 2.00 bits per heavy atom. The first-order chi connectivity index (χ1) is 9.86. The van der Waals surface area contributed by atoms with Gasteiger partial charge < -0.3 is 10.5 Å². The number of anilines is 1. The molecule has 0 radical (unpaired) electrons. The van der Waals surface area contributed by atoms with Gasteiger partial charge in [-0.15, -0.1) is 11.8 Å². The van der Waals surface area contributed by atoms with Crippen LogP contribution in [0.25, 0.3) is 0 Å². The molecule has 0 saturated carbocycles. The summed E-state index contributed by atoms with van der Waals surface area (Å²) in [6.07, 6.45) is 0. The third-order valence-corrected chi connectivity index (χ3v) is 5.75. The average molecular weight is 345 g/mol. The monoisotopic (exact) mass is 345 g/mol. The molecule has 2 aromatic rings. The van der Waals surface area contributed by atoms with Crippen LogP contribution in [0.5, 0.6) is 5.75 Å². The molecular formula is C12H15N3O3S3. The van der Waals surface area contributed by atoms with Crippen LogP contribution in [0.4, 0.5) is 5.13 Å². The van der Waals surface area contributed by atoms with E-state index >= 15 is 0 Å². The molecule has 2 rings (SSSR count). The Balaban J connectivity index is 1.82. The number of benzene rings is 1. The lowest BCUT2D eigenvalue weighted by atomic mass is 10.3. The quantitative estimate of drug-likeness (QED) is 0.611. The van der Waals surface area contributed by atoms with Crippen molar-refractivity contribution in [3.63, 3.8) is 0 Å². The van der Waals surface area contributed by atoms with Gasteiger partial charge in [0.15, 0.2) is 5.13 Å². The van der Waals surface area contributed by atoms with E-state index in [0.717, 1.165) is 15.7 Å². The van der Waals surface area contributed by atoms with Crippen LogP contribution < -0.4 is 15.6 Å². The number of hydrogen-bond acceptors (Lipinski definition) is 7. The van der Waals surface area contributed by atoms with Crippen molar-refractivity contribution in [2.45, 2.75) is 16.0 Å². The standard InChI is InChI=1S/C12H15N3O3S3/c1-8-11(20-12(13)15-8)19-7-6-18-9-2-4-10(5-3-9)21(14,16)17/h2-5H,6-7H2,1H3,(H2,13,15)(H2,14,16,17). The summed E-state index contributed by atoms with van der Waals surface area (Å²) in [5, 5.41) is 5.59. The minimum atomic E-state index is -3.66. The first kappa shape index (κ1) is 16.1. The van der Waals surface area contributed by atoms with Gasteiger partial charge in [0.05, 0.1) is 21.4 Å². The number of primary sulfonamides is 1. The zero-order chi connectivity index (χ0) is 15.5. The van der Waals surface area contributed by atoms with Crippen molar-refractivity contribution in [2.24, 2.45) is 5.14 Å². The second-order valence-corrected chi connectivity index (χ2v) is 8.09. The Kier molecular flexibility index (Phi) is 5.09. The van der Waals surface area contributed by atoms with Crippen LogP contribution in [0.2, 0.25) is 0 Å². The molecule has 0 saturated heterocycles. The van der Waals surface area contributed by atoms with E-state index in [1.165, 1.54) is 23.5 Å². The molecule has 6 nitrogen and oxygen atoms in total. The van der Waals surface area contributed by atoms with Crippen LogP contribution in [-0.2, 0) is 10.0 Å². The van der Waals surface area contributed by atoms with Crippen molar-refractivity contribution in [3.8, 4) is 5.75 Å². The average Bonchev–Trinajstić information content (AvgIpc) is 2.73. The Hall–Kier alpha value is -1.29. The largest absolute Gasteiger partial charge is 0.493 e. The fourth-order valence-electron chi connectivity index (χ4n) is 1.56. The maximum absolute atomic E-state index is 11.1. The summed E-state index contributed by atoms with van der Waals surface area (Å²) in [7, 11) is -3.66. The van der Waals surface area contributed by atoms with Crippen molar-refractivity contribution >= 4 is 38.3 Å². The summed E-state index contributed by atoms with van der Waals surface area (Å²) in [4.78, 5) is 4.22. The fraction of sp³-hybridized carbons (Fsp3) is 0.250. The van der Waals surface area contributed by atoms with Gasteiger partial charge in [-0.1, -0.05) is 11.3 Å². The van der Waals surface area contributed by atoms with Crippen molar-refractivity contribution in [1.29, 1.82) is 0 Å². The molecule has 1 aromatic heterocycles. The van der Waals surface area contributed by atoms with Gasteiger partial charge in [0.1, 0.15) is 5.75 Å². The lowest BCUT2D eigenvalue weighted by molar-refractivity contribution is 0.343. The predicted molar refractivity (Wildman–Crippen MR) is 85.3 cm³/mol. The molecule has 9 heteroatoms. The Labute approximate surface area is 131 Å². The molecule has 0 bridgehead atoms. The molecule has 0 atom stereocenters. The number of nitrogens with two attached hydrogens (primary N) is 2. The van der Waals surface area contributed by atoms with E-state index in [9.17, 15) is 8.42 Å². The minimum Gasteiger partial charge on any atom is -0.493 e. The summed E-state index contributed by atoms with van der Waals surface area (Å²) >= 11 is 3.09. The summed E-state index contributed by atoms with van der Waals surface area (Å²) in [5.41, 5.74) is 6.56. The lowest BCUT2D eigenvalue weighted by Gasteiger charge is -2.06. The first-order valence-electron chi connectivity index (χ1n) is 5.97. The Morgan fingerprint density at radius 1 is 1.33 bits per heavy atom. The maximum Gasteiger partial charge on any atom is 0.238 e. The predicted octanol–water partition coefficient (Wildman–Crippen LogP) is 1.85. The van der Waals surface area contributed by atoms with Gasteiger partial charge >= 0.3 is 0 Å². The smallest absolute Gasteiger partial charge is 0.238 e. The van der Waals surface area contributed by atoms with Crippen LogP contribution >= 0.6 is 23.1 Å². The third-order valence-electron chi connectivity index (χ3n) is 2.51. The fourth-order valence-corrected chi connectivity index (χ4v) is 3.99. The van der Waals surface area contributed by atoms with E-state index in [4.69, 9.17) is 15.6 Å². The second-order valence-electron chi connectivity index (χ2n) is 4.14. The molecule has 0 fully saturated rings. The number of rotatable bonds is 6. The first-order valence-corrected chi connectivity index (χ1v) is 9.32. The molecule has 1 heterocycles. The molecular weight excluding hydrogens is 330 g/mol. The van der Waals surface area contributed by atoms with Crippen molar-refractivity contribution < 1.29 is 13.2 Å².